The summed E-state index contributed by atoms with van der Waals surface area (Å²) in [5.74, 6) is 0. The summed E-state index contributed by atoms with van der Waals surface area (Å²) in [6, 6.07) is 0. The van der Waals surface area contributed by atoms with Crippen molar-refractivity contribution in [3.8, 4) is 0 Å². The Kier molecular flexibility index (Phi) is 4.51. The van der Waals surface area contributed by atoms with Gasteiger partial charge in [0.05, 0.1) is 11.7 Å². The smallest absolute Gasteiger partial charge is 0.0708 e. The lowest BCUT2D eigenvalue weighted by molar-refractivity contribution is -0.0622. The normalized spacial score (nSPS) is 30.8. The summed E-state index contributed by atoms with van der Waals surface area (Å²) >= 11 is 5.90. The molecule has 0 bridgehead atoms. The molecule has 2 aliphatic rings. The molecule has 1 heterocycles. The molecule has 0 aromatic heterocycles. The number of rotatable bonds is 4. The van der Waals surface area contributed by atoms with E-state index < -0.39 is 0 Å². The van der Waals surface area contributed by atoms with Gasteiger partial charge in [-0.15, -0.1) is 11.6 Å². The summed E-state index contributed by atoms with van der Waals surface area (Å²) in [5.41, 5.74) is 0.261. The monoisotopic (exact) mass is 245 g/mol. The lowest BCUT2D eigenvalue weighted by Crippen LogP contribution is -2.35. The van der Waals surface area contributed by atoms with E-state index in [-0.39, 0.29) is 11.0 Å². The topological polar surface area (TPSA) is 21.3 Å². The summed E-state index contributed by atoms with van der Waals surface area (Å²) in [4.78, 5) is 0. The van der Waals surface area contributed by atoms with E-state index in [1.165, 1.54) is 44.9 Å². The molecule has 1 aliphatic heterocycles. The fourth-order valence-electron chi connectivity index (χ4n) is 3.05. The summed E-state index contributed by atoms with van der Waals surface area (Å²) < 4.78 is 6.27. The van der Waals surface area contributed by atoms with Gasteiger partial charge in [-0.3, -0.25) is 0 Å². The fourth-order valence-corrected chi connectivity index (χ4v) is 3.16. The third-order valence-corrected chi connectivity index (χ3v) is 4.06. The highest BCUT2D eigenvalue weighted by Crippen LogP contribution is 2.41. The number of nitrogens with one attached hydrogen (secondary N) is 1. The van der Waals surface area contributed by atoms with Crippen molar-refractivity contribution in [3.05, 3.63) is 0 Å². The lowest BCUT2D eigenvalue weighted by Gasteiger charge is -2.33. The van der Waals surface area contributed by atoms with Crippen LogP contribution in [0.2, 0.25) is 0 Å². The minimum Gasteiger partial charge on any atom is -0.370 e. The third kappa shape index (κ3) is 3.35. The molecule has 2 fully saturated rings. The summed E-state index contributed by atoms with van der Waals surface area (Å²) in [6.07, 6.45) is 9.62. The molecule has 94 valence electrons. The first-order chi connectivity index (χ1) is 7.70. The molecule has 2 atom stereocenters. The first-order valence-electron chi connectivity index (χ1n) is 6.73. The van der Waals surface area contributed by atoms with Gasteiger partial charge in [0.15, 0.2) is 0 Å². The maximum Gasteiger partial charge on any atom is 0.0708 e. The second kappa shape index (κ2) is 5.70. The van der Waals surface area contributed by atoms with Crippen molar-refractivity contribution in [2.24, 2.45) is 0 Å². The number of hydrogen-bond acceptors (Lipinski definition) is 2. The van der Waals surface area contributed by atoms with Gasteiger partial charge >= 0.3 is 0 Å². The summed E-state index contributed by atoms with van der Waals surface area (Å²) in [5, 5.41) is 3.60. The average molecular weight is 246 g/mol. The first-order valence-corrected chi connectivity index (χ1v) is 7.16. The Morgan fingerprint density at radius 1 is 1.31 bits per heavy atom. The fraction of sp³-hybridized carbons (Fsp3) is 1.00. The van der Waals surface area contributed by atoms with E-state index in [4.69, 9.17) is 16.3 Å². The van der Waals surface area contributed by atoms with E-state index >= 15 is 0 Å². The number of halogens is 1. The molecular formula is C13H24ClNO. The molecule has 0 aromatic carbocycles. The summed E-state index contributed by atoms with van der Waals surface area (Å²) in [6.45, 7) is 3.87. The molecular weight excluding hydrogens is 222 g/mol. The van der Waals surface area contributed by atoms with Crippen molar-refractivity contribution in [3.63, 3.8) is 0 Å². The second-order valence-electron chi connectivity index (χ2n) is 5.46. The Hall–Kier alpha value is 0.210. The Balaban J connectivity index is 1.70. The zero-order valence-electron chi connectivity index (χ0n) is 10.3. The van der Waals surface area contributed by atoms with Crippen LogP contribution in [0.1, 0.15) is 51.9 Å². The van der Waals surface area contributed by atoms with Crippen molar-refractivity contribution in [1.82, 2.24) is 5.32 Å². The van der Waals surface area contributed by atoms with Crippen molar-refractivity contribution in [2.45, 2.75) is 69.0 Å². The molecule has 0 amide bonds. The predicted octanol–water partition coefficient (Wildman–Crippen LogP) is 3.09. The predicted molar refractivity (Wildman–Crippen MR) is 68.1 cm³/mol. The number of alkyl halides is 1. The molecule has 1 N–H and O–H groups in total. The third-order valence-electron chi connectivity index (χ3n) is 3.90. The molecule has 0 radical (unpaired) electrons. The maximum absolute atomic E-state index is 6.27. The zero-order chi connectivity index (χ0) is 11.4. The highest BCUT2D eigenvalue weighted by atomic mass is 35.5. The van der Waals surface area contributed by atoms with Crippen LogP contribution in [-0.4, -0.2) is 30.2 Å². The number of hydrogen-bond donors (Lipinski definition) is 1. The Morgan fingerprint density at radius 3 is 2.75 bits per heavy atom. The number of ether oxygens (including phenoxy) is 1. The molecule has 2 unspecified atom stereocenters. The second-order valence-corrected chi connectivity index (χ2v) is 6.21. The van der Waals surface area contributed by atoms with Crippen LogP contribution in [-0.2, 0) is 4.74 Å². The highest BCUT2D eigenvalue weighted by Gasteiger charge is 2.40. The minimum atomic E-state index is 0.213. The van der Waals surface area contributed by atoms with Gasteiger partial charge in [0, 0.05) is 18.5 Å². The minimum absolute atomic E-state index is 0.213. The SMILES string of the molecule is CC(Cl)CNCC1CCC2(CCCCC2)O1. The van der Waals surface area contributed by atoms with Crippen molar-refractivity contribution >= 4 is 11.6 Å². The van der Waals surface area contributed by atoms with E-state index in [2.05, 4.69) is 5.32 Å². The van der Waals surface area contributed by atoms with Gasteiger partial charge in [-0.05, 0) is 32.6 Å². The Morgan fingerprint density at radius 2 is 2.06 bits per heavy atom. The van der Waals surface area contributed by atoms with Gasteiger partial charge in [-0.2, -0.15) is 0 Å². The Bertz CT molecular complexity index is 214. The quantitative estimate of drug-likeness (QED) is 0.769. The molecule has 3 heteroatoms. The largest absolute Gasteiger partial charge is 0.370 e. The van der Waals surface area contributed by atoms with Gasteiger partial charge in [0.2, 0.25) is 0 Å². The molecule has 0 aromatic rings. The average Bonchev–Trinajstić information content (AvgIpc) is 2.62. The summed E-state index contributed by atoms with van der Waals surface area (Å²) in [7, 11) is 0. The van der Waals surface area contributed by atoms with Crippen LogP contribution >= 0.6 is 11.6 Å². The van der Waals surface area contributed by atoms with Crippen LogP contribution in [0, 0.1) is 0 Å². The van der Waals surface area contributed by atoms with E-state index in [0.717, 1.165) is 13.1 Å². The van der Waals surface area contributed by atoms with E-state index in [0.29, 0.717) is 6.10 Å². The van der Waals surface area contributed by atoms with Crippen LogP contribution in [0.25, 0.3) is 0 Å². The molecule has 1 spiro atoms. The first kappa shape index (κ1) is 12.7. The molecule has 16 heavy (non-hydrogen) atoms. The molecule has 2 nitrogen and oxygen atoms in total. The molecule has 1 saturated heterocycles. The van der Waals surface area contributed by atoms with E-state index in [9.17, 15) is 0 Å². The van der Waals surface area contributed by atoms with Gasteiger partial charge in [-0.25, -0.2) is 0 Å². The van der Waals surface area contributed by atoms with Gasteiger partial charge in [0.1, 0.15) is 0 Å². The van der Waals surface area contributed by atoms with Gasteiger partial charge < -0.3 is 10.1 Å². The van der Waals surface area contributed by atoms with Crippen molar-refractivity contribution in [1.29, 1.82) is 0 Å². The van der Waals surface area contributed by atoms with Crippen molar-refractivity contribution in [2.75, 3.05) is 13.1 Å². The maximum atomic E-state index is 6.27. The van der Waals surface area contributed by atoms with E-state index in [1.807, 2.05) is 6.92 Å². The highest BCUT2D eigenvalue weighted by molar-refractivity contribution is 6.20. The van der Waals surface area contributed by atoms with Gasteiger partial charge in [-0.1, -0.05) is 19.3 Å². The molecule has 2 rings (SSSR count). The molecule has 1 aliphatic carbocycles. The van der Waals surface area contributed by atoms with Crippen molar-refractivity contribution < 1.29 is 4.74 Å². The zero-order valence-corrected chi connectivity index (χ0v) is 11.1. The van der Waals surface area contributed by atoms with Crippen LogP contribution in [0.5, 0.6) is 0 Å². The van der Waals surface area contributed by atoms with Gasteiger partial charge in [0.25, 0.3) is 0 Å². The Labute approximate surface area is 104 Å². The standard InChI is InChI=1S/C13H24ClNO/c1-11(14)9-15-10-12-5-8-13(16-12)6-3-2-4-7-13/h11-12,15H,2-10H2,1H3. The van der Waals surface area contributed by atoms with Crippen LogP contribution in [0.4, 0.5) is 0 Å². The van der Waals surface area contributed by atoms with Crippen LogP contribution in [0.15, 0.2) is 0 Å². The van der Waals surface area contributed by atoms with Crippen LogP contribution < -0.4 is 5.32 Å². The lowest BCUT2D eigenvalue weighted by atomic mass is 9.83. The van der Waals surface area contributed by atoms with Crippen LogP contribution in [0.3, 0.4) is 0 Å². The molecule has 1 saturated carbocycles. The van der Waals surface area contributed by atoms with E-state index in [1.54, 1.807) is 0 Å².